The summed E-state index contributed by atoms with van der Waals surface area (Å²) in [5.74, 6) is -2.06. The van der Waals surface area contributed by atoms with Gasteiger partial charge in [-0.05, 0) is 33.3 Å². The number of para-hydroxylation sites is 1. The minimum atomic E-state index is -1.03. The van der Waals surface area contributed by atoms with Crippen LogP contribution >= 0.6 is 22.7 Å². The Morgan fingerprint density at radius 3 is 2.43 bits per heavy atom. The molecule has 4 rings (SSSR count). The van der Waals surface area contributed by atoms with Gasteiger partial charge in [0.25, 0.3) is 5.91 Å². The summed E-state index contributed by atoms with van der Waals surface area (Å²) in [7, 11) is 1.26. The van der Waals surface area contributed by atoms with Crippen LogP contribution in [0.1, 0.15) is 67.1 Å². The highest BCUT2D eigenvalue weighted by atomic mass is 32.1. The van der Waals surface area contributed by atoms with Gasteiger partial charge in [-0.1, -0.05) is 42.9 Å². The first-order chi connectivity index (χ1) is 17.7. The molecule has 1 N–H and O–H groups in total. The van der Waals surface area contributed by atoms with Gasteiger partial charge in [0.1, 0.15) is 16.7 Å². The second-order valence-corrected chi connectivity index (χ2v) is 10.6. The lowest BCUT2D eigenvalue weighted by molar-refractivity contribution is -0.117. The van der Waals surface area contributed by atoms with Crippen LogP contribution in [0, 0.1) is 20.8 Å². The number of unbranched alkanes of at least 4 members (excludes halogenated alkanes) is 1. The van der Waals surface area contributed by atoms with Crippen molar-refractivity contribution in [3.8, 4) is 5.75 Å². The highest BCUT2D eigenvalue weighted by Crippen LogP contribution is 2.46. The number of aromatic nitrogens is 2. The number of benzene rings is 1. The molecule has 1 unspecified atom stereocenters. The van der Waals surface area contributed by atoms with Crippen molar-refractivity contribution in [3.63, 3.8) is 0 Å². The van der Waals surface area contributed by atoms with E-state index < -0.39 is 29.5 Å². The molecule has 194 valence electrons. The molecular formula is C26H27N3O6S2. The van der Waals surface area contributed by atoms with Crippen LogP contribution in [-0.2, 0) is 9.53 Å². The first-order valence-corrected chi connectivity index (χ1v) is 13.4. The molecule has 3 aromatic rings. The van der Waals surface area contributed by atoms with Crippen molar-refractivity contribution >= 4 is 45.5 Å². The molecule has 0 saturated carbocycles. The molecule has 1 aliphatic heterocycles. The molecule has 1 atom stereocenters. The van der Waals surface area contributed by atoms with Crippen LogP contribution < -0.4 is 9.64 Å². The Morgan fingerprint density at radius 2 is 1.78 bits per heavy atom. The van der Waals surface area contributed by atoms with Crippen LogP contribution in [0.25, 0.3) is 0 Å². The van der Waals surface area contributed by atoms with Crippen molar-refractivity contribution in [1.82, 2.24) is 9.97 Å². The third-order valence-electron chi connectivity index (χ3n) is 5.89. The van der Waals surface area contributed by atoms with Gasteiger partial charge in [0.2, 0.25) is 5.78 Å². The molecule has 0 saturated heterocycles. The molecule has 0 bridgehead atoms. The minimum Gasteiger partial charge on any atom is -0.503 e. The van der Waals surface area contributed by atoms with Crippen molar-refractivity contribution in [1.29, 1.82) is 0 Å². The van der Waals surface area contributed by atoms with Gasteiger partial charge in [0, 0.05) is 5.56 Å². The van der Waals surface area contributed by atoms with E-state index in [2.05, 4.69) is 9.97 Å². The number of thiazole rings is 2. The number of aliphatic hydroxyl groups is 1. The van der Waals surface area contributed by atoms with E-state index >= 15 is 0 Å². The molecular weight excluding hydrogens is 514 g/mol. The van der Waals surface area contributed by atoms with Gasteiger partial charge >= 0.3 is 5.97 Å². The summed E-state index contributed by atoms with van der Waals surface area (Å²) in [6, 6.07) is 6.06. The summed E-state index contributed by atoms with van der Waals surface area (Å²) in [5.41, 5.74) is 1.32. The van der Waals surface area contributed by atoms with Crippen LogP contribution in [0.3, 0.4) is 0 Å². The highest BCUT2D eigenvalue weighted by Gasteiger charge is 2.47. The Hall–Kier alpha value is -3.57. The van der Waals surface area contributed by atoms with Crippen LogP contribution in [-0.4, -0.2) is 46.5 Å². The maximum absolute atomic E-state index is 13.8. The van der Waals surface area contributed by atoms with Crippen molar-refractivity contribution in [2.75, 3.05) is 18.6 Å². The lowest BCUT2D eigenvalue weighted by atomic mass is 9.94. The summed E-state index contributed by atoms with van der Waals surface area (Å²) >= 11 is 2.16. The SMILES string of the molecule is CCCCOc1ccccc1C1C(C(=O)c2sc(C)nc2C)=C(O)C(=O)N1c1nc(C)c(C(=O)OC)s1. The van der Waals surface area contributed by atoms with Crippen molar-refractivity contribution < 1.29 is 29.0 Å². The smallest absolute Gasteiger partial charge is 0.350 e. The molecule has 37 heavy (non-hydrogen) atoms. The topological polar surface area (TPSA) is 119 Å². The molecule has 0 spiro atoms. The fourth-order valence-electron chi connectivity index (χ4n) is 4.12. The van der Waals surface area contributed by atoms with Crippen LogP contribution in [0.5, 0.6) is 5.75 Å². The number of esters is 1. The van der Waals surface area contributed by atoms with E-state index in [0.29, 0.717) is 39.2 Å². The Balaban J connectivity index is 1.90. The summed E-state index contributed by atoms with van der Waals surface area (Å²) in [6.07, 6.45) is 1.75. The number of carbonyl (C=O) groups is 3. The van der Waals surface area contributed by atoms with Gasteiger partial charge in [-0.15, -0.1) is 11.3 Å². The first kappa shape index (κ1) is 26.5. The number of anilines is 1. The van der Waals surface area contributed by atoms with E-state index in [9.17, 15) is 19.5 Å². The standard InChI is InChI=1S/C26H27N3O6S2/c1-6-7-12-35-17-11-9-8-10-16(17)19-18(20(30)22-13(2)27-15(4)36-22)21(31)24(32)29(19)26-28-14(3)23(37-26)25(33)34-5/h8-11,19,31H,6-7,12H2,1-5H3. The Bertz CT molecular complexity index is 1410. The molecule has 0 aliphatic carbocycles. The molecule has 0 fully saturated rings. The fourth-order valence-corrected chi connectivity index (χ4v) is 6.01. The van der Waals surface area contributed by atoms with Crippen molar-refractivity contribution in [2.24, 2.45) is 0 Å². The zero-order valence-corrected chi connectivity index (χ0v) is 22.8. The van der Waals surface area contributed by atoms with E-state index in [0.717, 1.165) is 24.2 Å². The zero-order valence-electron chi connectivity index (χ0n) is 21.2. The van der Waals surface area contributed by atoms with Crippen LogP contribution in [0.15, 0.2) is 35.6 Å². The Labute approximate surface area is 222 Å². The number of hydrogen-bond donors (Lipinski definition) is 1. The predicted octanol–water partition coefficient (Wildman–Crippen LogP) is 5.27. The van der Waals surface area contributed by atoms with E-state index in [-0.39, 0.29) is 15.6 Å². The normalized spacial score (nSPS) is 15.4. The summed E-state index contributed by atoms with van der Waals surface area (Å²) in [5, 5.41) is 11.9. The van der Waals surface area contributed by atoms with Gasteiger partial charge in [0.05, 0.1) is 40.6 Å². The third-order valence-corrected chi connectivity index (χ3v) is 8.10. The van der Waals surface area contributed by atoms with E-state index in [1.165, 1.54) is 23.3 Å². The number of Topliss-reactive ketones (excluding diaryl/α,β-unsaturated/α-hetero) is 1. The van der Waals surface area contributed by atoms with Crippen molar-refractivity contribution in [3.05, 3.63) is 67.3 Å². The average molecular weight is 542 g/mol. The number of carbonyl (C=O) groups excluding carboxylic acids is 3. The molecule has 1 aliphatic rings. The number of amides is 1. The van der Waals surface area contributed by atoms with E-state index in [4.69, 9.17) is 9.47 Å². The van der Waals surface area contributed by atoms with Gasteiger partial charge in [-0.25, -0.2) is 14.8 Å². The number of aryl methyl sites for hydroxylation is 3. The zero-order chi connectivity index (χ0) is 26.9. The molecule has 1 amide bonds. The summed E-state index contributed by atoms with van der Waals surface area (Å²) in [6.45, 7) is 7.63. The maximum atomic E-state index is 13.8. The number of ether oxygens (including phenoxy) is 2. The highest BCUT2D eigenvalue weighted by molar-refractivity contribution is 7.17. The number of rotatable bonds is 9. The lowest BCUT2D eigenvalue weighted by Crippen LogP contribution is -2.31. The maximum Gasteiger partial charge on any atom is 0.350 e. The summed E-state index contributed by atoms with van der Waals surface area (Å²) < 4.78 is 10.9. The van der Waals surface area contributed by atoms with E-state index in [1.54, 1.807) is 45.0 Å². The Kier molecular flexibility index (Phi) is 7.74. The largest absolute Gasteiger partial charge is 0.503 e. The number of ketones is 1. The molecule has 11 heteroatoms. The molecule has 3 heterocycles. The van der Waals surface area contributed by atoms with Crippen LogP contribution in [0.2, 0.25) is 0 Å². The predicted molar refractivity (Wildman–Crippen MR) is 141 cm³/mol. The lowest BCUT2D eigenvalue weighted by Gasteiger charge is -2.26. The third kappa shape index (κ3) is 4.88. The monoisotopic (exact) mass is 541 g/mol. The average Bonchev–Trinajstić information content (AvgIpc) is 3.51. The number of nitrogens with zero attached hydrogens (tertiary/aromatic N) is 3. The minimum absolute atomic E-state index is 0.0873. The summed E-state index contributed by atoms with van der Waals surface area (Å²) in [4.78, 5) is 50.2. The molecule has 0 radical (unpaired) electrons. The Morgan fingerprint density at radius 1 is 1.08 bits per heavy atom. The number of hydrogen-bond acceptors (Lipinski definition) is 10. The second kappa shape index (κ2) is 10.8. The van der Waals surface area contributed by atoms with Gasteiger partial charge in [-0.2, -0.15) is 0 Å². The molecule has 2 aromatic heterocycles. The van der Waals surface area contributed by atoms with Crippen LogP contribution in [0.4, 0.5) is 5.13 Å². The quantitative estimate of drug-likeness (QED) is 0.221. The molecule has 9 nitrogen and oxygen atoms in total. The van der Waals surface area contributed by atoms with E-state index in [1.807, 2.05) is 6.92 Å². The molecule has 1 aromatic carbocycles. The second-order valence-electron chi connectivity index (χ2n) is 8.46. The number of methoxy groups -OCH3 is 1. The van der Waals surface area contributed by atoms with Gasteiger partial charge in [0.15, 0.2) is 10.9 Å². The van der Waals surface area contributed by atoms with Gasteiger partial charge < -0.3 is 14.6 Å². The number of aliphatic hydroxyl groups excluding tert-OH is 1. The first-order valence-electron chi connectivity index (χ1n) is 11.7. The van der Waals surface area contributed by atoms with Gasteiger partial charge in [-0.3, -0.25) is 14.5 Å². The van der Waals surface area contributed by atoms with Crippen molar-refractivity contribution in [2.45, 2.75) is 46.6 Å². The fraction of sp³-hybridized carbons (Fsp3) is 0.346.